The van der Waals surface area contributed by atoms with Crippen LogP contribution in [0, 0.1) is 17.0 Å². The Bertz CT molecular complexity index is 1570. The molecule has 12 nitrogen and oxygen atoms in total. The first kappa shape index (κ1) is 28.5. The van der Waals surface area contributed by atoms with Crippen LogP contribution in [0.15, 0.2) is 65.6 Å². The van der Waals surface area contributed by atoms with Crippen molar-refractivity contribution in [3.8, 4) is 5.75 Å². The number of benzene rings is 3. The van der Waals surface area contributed by atoms with E-state index in [-0.39, 0.29) is 46.2 Å². The molecule has 0 amide bonds. The van der Waals surface area contributed by atoms with Gasteiger partial charge < -0.3 is 14.6 Å². The van der Waals surface area contributed by atoms with Gasteiger partial charge in [-0.3, -0.25) is 20.2 Å². The lowest BCUT2D eigenvalue weighted by molar-refractivity contribution is -0.385. The van der Waals surface area contributed by atoms with Gasteiger partial charge in [0.25, 0.3) is 15.7 Å². The monoisotopic (exact) mass is 569 g/mol. The molecule has 0 aliphatic carbocycles. The van der Waals surface area contributed by atoms with E-state index in [0.29, 0.717) is 0 Å². The van der Waals surface area contributed by atoms with Gasteiger partial charge in [-0.25, -0.2) is 18.0 Å². The number of carbonyl (C=O) groups is 2. The average molecular weight is 570 g/mol. The number of phenols is 1. The third kappa shape index (κ3) is 4.84. The summed E-state index contributed by atoms with van der Waals surface area (Å²) in [7, 11) is -4.22. The van der Waals surface area contributed by atoms with Gasteiger partial charge in [-0.15, -0.1) is 0 Å². The highest BCUT2D eigenvalue weighted by atomic mass is 32.2. The van der Waals surface area contributed by atoms with Crippen molar-refractivity contribution in [3.63, 3.8) is 0 Å². The van der Waals surface area contributed by atoms with E-state index in [1.54, 1.807) is 19.1 Å². The molecule has 0 radical (unpaired) electrons. The number of sulfonamides is 1. The molecule has 1 aliphatic rings. The van der Waals surface area contributed by atoms with E-state index in [2.05, 4.69) is 10.0 Å². The minimum absolute atomic E-state index is 0.00519. The molecule has 13 heteroatoms. The Hall–Kier alpha value is -4.49. The lowest BCUT2D eigenvalue weighted by Gasteiger charge is -2.27. The second-order valence-corrected chi connectivity index (χ2v) is 10.6. The van der Waals surface area contributed by atoms with Crippen LogP contribution >= 0.6 is 0 Å². The zero-order valence-electron chi connectivity index (χ0n) is 21.8. The third-order valence-corrected chi connectivity index (χ3v) is 7.81. The lowest BCUT2D eigenvalue weighted by atomic mass is 9.87. The maximum absolute atomic E-state index is 13.5. The predicted octanol–water partition coefficient (Wildman–Crippen LogP) is 3.42. The fraction of sp³-hybridized carbons (Fsp3) is 0.259. The van der Waals surface area contributed by atoms with Crippen molar-refractivity contribution >= 4 is 33.3 Å². The quantitative estimate of drug-likeness (QED) is 0.114. The lowest BCUT2D eigenvalue weighted by Crippen LogP contribution is -2.54. The summed E-state index contributed by atoms with van der Waals surface area (Å²) in [6.45, 7) is 4.53. The number of carbonyl (C=O) groups excluding carboxylic acids is 2. The van der Waals surface area contributed by atoms with E-state index in [0.717, 1.165) is 11.6 Å². The molecule has 0 spiro atoms. The van der Waals surface area contributed by atoms with Crippen LogP contribution in [0.3, 0.4) is 0 Å². The topological polar surface area (TPSA) is 174 Å². The van der Waals surface area contributed by atoms with Crippen LogP contribution in [-0.4, -0.2) is 43.6 Å². The fourth-order valence-electron chi connectivity index (χ4n) is 4.69. The normalized spacial score (nSPS) is 15.6. The van der Waals surface area contributed by atoms with E-state index in [9.17, 15) is 33.2 Å². The van der Waals surface area contributed by atoms with Crippen LogP contribution in [-0.2, 0) is 34.6 Å². The minimum Gasteiger partial charge on any atom is -0.508 e. The van der Waals surface area contributed by atoms with Crippen LogP contribution in [0.2, 0.25) is 0 Å². The van der Waals surface area contributed by atoms with E-state index in [1.165, 1.54) is 56.3 Å². The van der Waals surface area contributed by atoms with Gasteiger partial charge in [0.2, 0.25) is 5.54 Å². The number of nitrogens with one attached hydrogen (secondary N) is 2. The second kappa shape index (κ2) is 10.9. The molecule has 0 saturated heterocycles. The van der Waals surface area contributed by atoms with Crippen molar-refractivity contribution in [1.82, 2.24) is 5.32 Å². The maximum Gasteiger partial charge on any atom is 0.343 e. The number of aryl methyl sites for hydroxylation is 1. The van der Waals surface area contributed by atoms with E-state index < -0.39 is 44.2 Å². The molecule has 0 saturated carbocycles. The van der Waals surface area contributed by atoms with E-state index in [1.807, 2.05) is 0 Å². The van der Waals surface area contributed by atoms with Crippen molar-refractivity contribution < 1.29 is 37.5 Å². The van der Waals surface area contributed by atoms with Crippen LogP contribution in [0.1, 0.15) is 42.1 Å². The van der Waals surface area contributed by atoms with Crippen LogP contribution < -0.4 is 10.0 Å². The Morgan fingerprint density at radius 3 is 2.20 bits per heavy atom. The number of anilines is 1. The number of aromatic hydroxyl groups is 1. The minimum atomic E-state index is -4.22. The summed E-state index contributed by atoms with van der Waals surface area (Å²) in [5.41, 5.74) is -2.54. The first-order valence-electron chi connectivity index (χ1n) is 12.3. The summed E-state index contributed by atoms with van der Waals surface area (Å²) in [6.07, 6.45) is 0. The Balaban J connectivity index is 2.04. The Morgan fingerprint density at radius 1 is 1.02 bits per heavy atom. The number of nitro benzene ring substituents is 1. The second-order valence-electron chi connectivity index (χ2n) is 8.92. The van der Waals surface area contributed by atoms with Gasteiger partial charge in [-0.2, -0.15) is 0 Å². The molecule has 1 atom stereocenters. The maximum atomic E-state index is 13.5. The molecule has 40 heavy (non-hydrogen) atoms. The predicted molar refractivity (Wildman–Crippen MR) is 143 cm³/mol. The first-order valence-corrected chi connectivity index (χ1v) is 13.8. The zero-order valence-corrected chi connectivity index (χ0v) is 22.7. The SMILES string of the molecule is CCOC(=O)C1(C(=O)OCC)NC(c2ccccc2[N+](=O)[O-])c2c(NS(=O)(=O)c3ccc(C)cc3)ccc(O)c21. The number of hydrogen-bond donors (Lipinski definition) is 3. The molecular formula is C27H27N3O9S. The summed E-state index contributed by atoms with van der Waals surface area (Å²) in [5, 5.41) is 25.8. The molecule has 1 unspecified atom stereocenters. The molecule has 210 valence electrons. The first-order chi connectivity index (χ1) is 19.0. The highest BCUT2D eigenvalue weighted by molar-refractivity contribution is 7.92. The van der Waals surface area contributed by atoms with Crippen LogP contribution in [0.4, 0.5) is 11.4 Å². The highest BCUT2D eigenvalue weighted by Crippen LogP contribution is 2.51. The zero-order chi connectivity index (χ0) is 29.2. The standard InChI is InChI=1S/C27H27N3O9S/c1-4-38-25(32)27(26(33)39-5-2)23-21(31)15-14-19(29-40(36,37)17-12-10-16(3)11-13-17)22(23)24(28-27)18-8-6-7-9-20(18)30(34)35/h6-15,24,28-29,31H,4-5H2,1-3H3. The summed E-state index contributed by atoms with van der Waals surface area (Å²) < 4.78 is 39.6. The number of para-hydroxylation sites is 1. The summed E-state index contributed by atoms with van der Waals surface area (Å²) in [4.78, 5) is 38.2. The summed E-state index contributed by atoms with van der Waals surface area (Å²) in [5.74, 6) is -2.82. The van der Waals surface area contributed by atoms with Gasteiger partial charge in [0, 0.05) is 17.2 Å². The molecule has 1 aliphatic heterocycles. The van der Waals surface area contributed by atoms with E-state index in [4.69, 9.17) is 9.47 Å². The third-order valence-electron chi connectivity index (χ3n) is 6.43. The molecule has 3 aromatic carbocycles. The van der Waals surface area contributed by atoms with Crippen LogP contribution in [0.5, 0.6) is 5.75 Å². The fourth-order valence-corrected chi connectivity index (χ4v) is 5.77. The van der Waals surface area contributed by atoms with Gasteiger partial charge >= 0.3 is 11.9 Å². The van der Waals surface area contributed by atoms with Gasteiger partial charge in [0.05, 0.1) is 40.3 Å². The number of nitro groups is 1. The highest BCUT2D eigenvalue weighted by Gasteiger charge is 2.60. The van der Waals surface area contributed by atoms with Gasteiger partial charge in [0.1, 0.15) is 5.75 Å². The van der Waals surface area contributed by atoms with Crippen molar-refractivity contribution in [1.29, 1.82) is 0 Å². The molecule has 1 heterocycles. The van der Waals surface area contributed by atoms with Crippen molar-refractivity contribution in [2.24, 2.45) is 0 Å². The smallest absolute Gasteiger partial charge is 0.343 e. The molecule has 0 fully saturated rings. The van der Waals surface area contributed by atoms with Crippen LogP contribution in [0.25, 0.3) is 0 Å². The van der Waals surface area contributed by atoms with Crippen molar-refractivity contribution in [2.75, 3.05) is 17.9 Å². The number of fused-ring (bicyclic) bond motifs is 1. The molecule has 3 aromatic rings. The van der Waals surface area contributed by atoms with Gasteiger partial charge in [-0.1, -0.05) is 35.9 Å². The van der Waals surface area contributed by atoms with Gasteiger partial charge in [-0.05, 0) is 45.0 Å². The number of nitrogens with zero attached hydrogens (tertiary/aromatic N) is 1. The largest absolute Gasteiger partial charge is 0.508 e. The van der Waals surface area contributed by atoms with E-state index >= 15 is 0 Å². The van der Waals surface area contributed by atoms with Crippen molar-refractivity contribution in [2.45, 2.75) is 37.2 Å². The summed E-state index contributed by atoms with van der Waals surface area (Å²) >= 11 is 0. The average Bonchev–Trinajstić information content (AvgIpc) is 3.29. The number of rotatable bonds is 9. The number of esters is 2. The molecule has 3 N–H and O–H groups in total. The molecular weight excluding hydrogens is 542 g/mol. The number of ether oxygens (including phenoxy) is 2. The molecule has 4 rings (SSSR count). The number of hydrogen-bond acceptors (Lipinski definition) is 10. The Morgan fingerprint density at radius 2 is 1.62 bits per heavy atom. The molecule has 0 bridgehead atoms. The van der Waals surface area contributed by atoms with Gasteiger partial charge in [0.15, 0.2) is 0 Å². The molecule has 0 aromatic heterocycles. The Kier molecular flexibility index (Phi) is 7.80. The van der Waals surface area contributed by atoms with Crippen molar-refractivity contribution in [3.05, 3.63) is 93.0 Å². The Labute approximate surface area is 230 Å². The summed E-state index contributed by atoms with van der Waals surface area (Å²) in [6, 6.07) is 12.6. The number of phenolic OH excluding ortho intramolecular Hbond substituents is 1.